The van der Waals surface area contributed by atoms with Crippen LogP contribution in [0.5, 0.6) is 0 Å². The molecule has 30 heavy (non-hydrogen) atoms. The predicted molar refractivity (Wildman–Crippen MR) is 120 cm³/mol. The quantitative estimate of drug-likeness (QED) is 0.486. The highest BCUT2D eigenvalue weighted by Gasteiger charge is 2.18. The summed E-state index contributed by atoms with van der Waals surface area (Å²) in [6, 6.07) is 16.0. The number of carbonyl (C=O) groups is 1. The van der Waals surface area contributed by atoms with Crippen LogP contribution in [0.25, 0.3) is 10.8 Å². The van der Waals surface area contributed by atoms with Gasteiger partial charge in [-0.25, -0.2) is 4.99 Å². The van der Waals surface area contributed by atoms with Gasteiger partial charge >= 0.3 is 0 Å². The molecule has 0 bridgehead atoms. The van der Waals surface area contributed by atoms with Crippen molar-refractivity contribution in [1.82, 2.24) is 15.2 Å². The molecule has 0 aliphatic rings. The average Bonchev–Trinajstić information content (AvgIpc) is 3.15. The third-order valence-corrected chi connectivity index (χ3v) is 4.91. The zero-order chi connectivity index (χ0) is 21.1. The van der Waals surface area contributed by atoms with Crippen molar-refractivity contribution in [3.05, 3.63) is 83.3 Å². The molecule has 0 fully saturated rings. The van der Waals surface area contributed by atoms with Crippen molar-refractivity contribution >= 4 is 34.4 Å². The number of aliphatic imine (C=N–C) groups is 1. The molecule has 3 N–H and O–H groups in total. The standard InChI is InChI=1S/C23H22N6O/c1-29(2)20-10-9-16(17-7-3-4-8-18(17)20)14-26-23-21(22(24)30)19(27-28-23)12-15-6-5-11-25-13-15/h3-11,13-14H,12H2,1-2H3,(H2,24,30)(H,27,28). The topological polar surface area (TPSA) is 100 Å². The second-order valence-corrected chi connectivity index (χ2v) is 7.18. The van der Waals surface area contributed by atoms with Gasteiger partial charge in [-0.15, -0.1) is 0 Å². The van der Waals surface area contributed by atoms with Crippen LogP contribution in [0, 0.1) is 0 Å². The lowest BCUT2D eigenvalue weighted by molar-refractivity contribution is 0.100. The molecule has 1 amide bonds. The molecular weight excluding hydrogens is 376 g/mol. The second-order valence-electron chi connectivity index (χ2n) is 7.18. The molecule has 0 saturated heterocycles. The molecule has 4 rings (SSSR count). The molecule has 7 nitrogen and oxygen atoms in total. The van der Waals surface area contributed by atoms with Crippen LogP contribution in [0.2, 0.25) is 0 Å². The summed E-state index contributed by atoms with van der Waals surface area (Å²) in [5, 5.41) is 9.32. The van der Waals surface area contributed by atoms with Crippen LogP contribution in [0.15, 0.2) is 65.9 Å². The number of nitrogens with one attached hydrogen (secondary N) is 1. The number of carbonyl (C=O) groups excluding carboxylic acids is 1. The molecule has 2 aromatic heterocycles. The van der Waals surface area contributed by atoms with Crippen molar-refractivity contribution in [2.45, 2.75) is 6.42 Å². The van der Waals surface area contributed by atoms with Gasteiger partial charge in [0.25, 0.3) is 5.91 Å². The number of H-pyrrole nitrogens is 1. The van der Waals surface area contributed by atoms with E-state index in [1.54, 1.807) is 18.6 Å². The van der Waals surface area contributed by atoms with Gasteiger partial charge in [-0.05, 0) is 23.1 Å². The fourth-order valence-corrected chi connectivity index (χ4v) is 3.49. The number of pyridine rings is 1. The Morgan fingerprint density at radius 3 is 2.63 bits per heavy atom. The summed E-state index contributed by atoms with van der Waals surface area (Å²) in [5.74, 6) is -0.287. The minimum atomic E-state index is -0.567. The maximum atomic E-state index is 12.1. The number of amides is 1. The Bertz CT molecular complexity index is 1230. The largest absolute Gasteiger partial charge is 0.377 e. The molecule has 0 saturated carbocycles. The van der Waals surface area contributed by atoms with Crippen LogP contribution >= 0.6 is 0 Å². The monoisotopic (exact) mass is 398 g/mol. The van der Waals surface area contributed by atoms with E-state index < -0.39 is 5.91 Å². The zero-order valence-electron chi connectivity index (χ0n) is 16.8. The molecule has 7 heteroatoms. The van der Waals surface area contributed by atoms with E-state index in [1.807, 2.05) is 44.4 Å². The van der Waals surface area contributed by atoms with Crippen molar-refractivity contribution in [3.8, 4) is 0 Å². The zero-order valence-corrected chi connectivity index (χ0v) is 16.8. The Labute approximate surface area is 174 Å². The van der Waals surface area contributed by atoms with Gasteiger partial charge in [0.15, 0.2) is 5.82 Å². The van der Waals surface area contributed by atoms with E-state index in [0.29, 0.717) is 17.7 Å². The van der Waals surface area contributed by atoms with Crippen LogP contribution in [0.1, 0.15) is 27.2 Å². The highest BCUT2D eigenvalue weighted by molar-refractivity contribution is 6.06. The van der Waals surface area contributed by atoms with Gasteiger partial charge in [0.1, 0.15) is 5.56 Å². The smallest absolute Gasteiger partial charge is 0.254 e. The molecule has 0 unspecified atom stereocenters. The minimum Gasteiger partial charge on any atom is -0.377 e. The SMILES string of the molecule is CN(C)c1ccc(C=Nc2n[nH]c(Cc3cccnc3)c2C(N)=O)c2ccccc12. The number of primary amides is 1. The Morgan fingerprint density at radius 1 is 1.13 bits per heavy atom. The highest BCUT2D eigenvalue weighted by atomic mass is 16.1. The number of anilines is 1. The van der Waals surface area contributed by atoms with Crippen LogP contribution in [-0.2, 0) is 6.42 Å². The summed E-state index contributed by atoms with van der Waals surface area (Å²) >= 11 is 0. The van der Waals surface area contributed by atoms with Crippen molar-refractivity contribution in [1.29, 1.82) is 0 Å². The molecule has 0 aliphatic carbocycles. The fraction of sp³-hybridized carbons (Fsp3) is 0.130. The van der Waals surface area contributed by atoms with Crippen molar-refractivity contribution in [3.63, 3.8) is 0 Å². The molecule has 0 atom stereocenters. The van der Waals surface area contributed by atoms with E-state index in [0.717, 1.165) is 27.6 Å². The molecule has 2 aromatic carbocycles. The van der Waals surface area contributed by atoms with Gasteiger partial charge in [-0.2, -0.15) is 5.10 Å². The van der Waals surface area contributed by atoms with E-state index >= 15 is 0 Å². The molecule has 0 aliphatic heterocycles. The summed E-state index contributed by atoms with van der Waals surface area (Å²) < 4.78 is 0. The molecule has 2 heterocycles. The summed E-state index contributed by atoms with van der Waals surface area (Å²) in [6.45, 7) is 0. The minimum absolute atomic E-state index is 0.280. The number of aromatic nitrogens is 3. The molecule has 0 spiro atoms. The molecule has 4 aromatic rings. The number of hydrogen-bond acceptors (Lipinski definition) is 5. The van der Waals surface area contributed by atoms with Gasteiger partial charge in [0.2, 0.25) is 0 Å². The number of nitrogens with two attached hydrogens (primary N) is 1. The first kappa shape index (κ1) is 19.3. The maximum Gasteiger partial charge on any atom is 0.254 e. The number of rotatable bonds is 6. The van der Waals surface area contributed by atoms with E-state index in [9.17, 15) is 4.79 Å². The number of nitrogens with zero attached hydrogens (tertiary/aromatic N) is 4. The number of fused-ring (bicyclic) bond motifs is 1. The fourth-order valence-electron chi connectivity index (χ4n) is 3.49. The maximum absolute atomic E-state index is 12.1. The Balaban J connectivity index is 1.71. The van der Waals surface area contributed by atoms with Crippen LogP contribution in [-0.4, -0.2) is 41.4 Å². The normalized spacial score (nSPS) is 11.3. The van der Waals surface area contributed by atoms with Crippen molar-refractivity contribution in [2.24, 2.45) is 10.7 Å². The van der Waals surface area contributed by atoms with Crippen LogP contribution in [0.4, 0.5) is 11.5 Å². The first-order valence-electron chi connectivity index (χ1n) is 9.53. The summed E-state index contributed by atoms with van der Waals surface area (Å²) in [4.78, 5) is 22.8. The van der Waals surface area contributed by atoms with Gasteiger partial charge in [-0.1, -0.05) is 36.4 Å². The lowest BCUT2D eigenvalue weighted by Crippen LogP contribution is -2.13. The first-order chi connectivity index (χ1) is 14.5. The summed E-state index contributed by atoms with van der Waals surface area (Å²) in [5.41, 5.74) is 9.56. The highest BCUT2D eigenvalue weighted by Crippen LogP contribution is 2.28. The number of benzene rings is 2. The van der Waals surface area contributed by atoms with Crippen molar-refractivity contribution < 1.29 is 4.79 Å². The van der Waals surface area contributed by atoms with Gasteiger partial charge < -0.3 is 10.6 Å². The molecular formula is C23H22N6O. The molecule has 150 valence electrons. The number of aromatic amines is 1. The first-order valence-corrected chi connectivity index (χ1v) is 9.53. The van der Waals surface area contributed by atoms with Crippen molar-refractivity contribution in [2.75, 3.05) is 19.0 Å². The summed E-state index contributed by atoms with van der Waals surface area (Å²) in [7, 11) is 4.03. The Hall–Kier alpha value is -4.00. The van der Waals surface area contributed by atoms with E-state index in [-0.39, 0.29) is 5.82 Å². The second kappa shape index (κ2) is 8.16. The summed E-state index contributed by atoms with van der Waals surface area (Å²) in [6.07, 6.45) is 5.63. The van der Waals surface area contributed by atoms with E-state index in [2.05, 4.69) is 43.3 Å². The molecule has 0 radical (unpaired) electrons. The van der Waals surface area contributed by atoms with E-state index in [1.165, 1.54) is 0 Å². The Morgan fingerprint density at radius 2 is 1.93 bits per heavy atom. The Kier molecular flexibility index (Phi) is 5.26. The van der Waals surface area contributed by atoms with Gasteiger partial charge in [-0.3, -0.25) is 14.9 Å². The van der Waals surface area contributed by atoms with Gasteiger partial charge in [0.05, 0.1) is 5.69 Å². The predicted octanol–water partition coefficient (Wildman–Crippen LogP) is 3.46. The number of hydrogen-bond donors (Lipinski definition) is 2. The third kappa shape index (κ3) is 3.77. The lowest BCUT2D eigenvalue weighted by Gasteiger charge is -2.16. The van der Waals surface area contributed by atoms with Gasteiger partial charge in [0, 0.05) is 55.8 Å². The van der Waals surface area contributed by atoms with Crippen LogP contribution < -0.4 is 10.6 Å². The average molecular weight is 398 g/mol. The third-order valence-electron chi connectivity index (χ3n) is 4.91. The van der Waals surface area contributed by atoms with E-state index in [4.69, 9.17) is 5.73 Å². The van der Waals surface area contributed by atoms with Crippen LogP contribution in [0.3, 0.4) is 0 Å². The lowest BCUT2D eigenvalue weighted by atomic mass is 10.0.